The molecule has 2 N–H and O–H groups in total. The lowest BCUT2D eigenvalue weighted by Crippen LogP contribution is -2.48. The van der Waals surface area contributed by atoms with Gasteiger partial charge in [0.15, 0.2) is 5.78 Å². The fourth-order valence-electron chi connectivity index (χ4n) is 6.58. The Morgan fingerprint density at radius 1 is 1.23 bits per heavy atom. The standard InChI is InChI=1S/C27H36O4/c1-25(2,29)14-13-24(28)27(4,30)23-11-10-22-21-8-6-17-16-18(31-5)7-9-19(17)20(21)12-15-26(22,23)3/h7,9,11,13-14,16,20-22,29-30H,6,8,10,12,15H2,1-5H3/b14-13+/t20-,21-,22+,26+,27+/m1/s1. The van der Waals surface area contributed by atoms with Crippen LogP contribution >= 0.6 is 0 Å². The van der Waals surface area contributed by atoms with Crippen LogP contribution in [0.3, 0.4) is 0 Å². The first kappa shape index (κ1) is 22.3. The van der Waals surface area contributed by atoms with Gasteiger partial charge in [-0.25, -0.2) is 0 Å². The molecule has 4 heteroatoms. The Hall–Kier alpha value is -1.91. The van der Waals surface area contributed by atoms with E-state index in [1.54, 1.807) is 27.9 Å². The molecule has 0 saturated heterocycles. The van der Waals surface area contributed by atoms with Gasteiger partial charge in [-0.05, 0) is 111 Å². The van der Waals surface area contributed by atoms with Gasteiger partial charge in [0.05, 0.1) is 12.7 Å². The van der Waals surface area contributed by atoms with Crippen LogP contribution in [-0.2, 0) is 11.2 Å². The van der Waals surface area contributed by atoms with Crippen LogP contribution in [0.25, 0.3) is 0 Å². The van der Waals surface area contributed by atoms with Crippen molar-refractivity contribution >= 4 is 5.78 Å². The molecular formula is C27H36O4. The summed E-state index contributed by atoms with van der Waals surface area (Å²) in [7, 11) is 1.72. The van der Waals surface area contributed by atoms with Gasteiger partial charge >= 0.3 is 0 Å². The second-order valence-corrected chi connectivity index (χ2v) is 10.7. The summed E-state index contributed by atoms with van der Waals surface area (Å²) < 4.78 is 5.43. The molecule has 1 fully saturated rings. The molecule has 0 amide bonds. The fraction of sp³-hybridized carbons (Fsp3) is 0.593. The number of ketones is 1. The number of carbonyl (C=O) groups is 1. The van der Waals surface area contributed by atoms with E-state index >= 15 is 0 Å². The van der Waals surface area contributed by atoms with Gasteiger partial charge < -0.3 is 14.9 Å². The maximum Gasteiger partial charge on any atom is 0.190 e. The van der Waals surface area contributed by atoms with Crippen molar-refractivity contribution in [3.05, 3.63) is 53.1 Å². The van der Waals surface area contributed by atoms with Crippen molar-refractivity contribution in [2.24, 2.45) is 17.3 Å². The minimum Gasteiger partial charge on any atom is -0.497 e. The van der Waals surface area contributed by atoms with Crippen LogP contribution in [0.15, 0.2) is 42.0 Å². The number of carbonyl (C=O) groups excluding carboxylic acids is 1. The minimum atomic E-state index is -1.54. The van der Waals surface area contributed by atoms with Gasteiger partial charge in [-0.1, -0.05) is 25.1 Å². The number of ether oxygens (including phenoxy) is 1. The Bertz CT molecular complexity index is 933. The smallest absolute Gasteiger partial charge is 0.190 e. The zero-order valence-electron chi connectivity index (χ0n) is 19.4. The lowest BCUT2D eigenvalue weighted by atomic mass is 9.53. The van der Waals surface area contributed by atoms with Crippen molar-refractivity contribution in [3.8, 4) is 5.75 Å². The van der Waals surface area contributed by atoms with Crippen molar-refractivity contribution < 1.29 is 19.7 Å². The quantitative estimate of drug-likeness (QED) is 0.529. The van der Waals surface area contributed by atoms with E-state index in [-0.39, 0.29) is 11.2 Å². The number of benzene rings is 1. The second-order valence-electron chi connectivity index (χ2n) is 10.7. The van der Waals surface area contributed by atoms with Crippen LogP contribution in [0.4, 0.5) is 0 Å². The summed E-state index contributed by atoms with van der Waals surface area (Å²) in [6.45, 7) is 7.11. The monoisotopic (exact) mass is 424 g/mol. The Morgan fingerprint density at radius 2 is 1.97 bits per heavy atom. The summed E-state index contributed by atoms with van der Waals surface area (Å²) in [6.07, 6.45) is 10.1. The molecule has 0 unspecified atom stereocenters. The zero-order chi connectivity index (χ0) is 22.6. The minimum absolute atomic E-state index is 0.174. The fourth-order valence-corrected chi connectivity index (χ4v) is 6.58. The number of allylic oxidation sites excluding steroid dienone is 1. The summed E-state index contributed by atoms with van der Waals surface area (Å²) in [4.78, 5) is 12.9. The molecule has 1 aromatic rings. The molecule has 31 heavy (non-hydrogen) atoms. The summed E-state index contributed by atoms with van der Waals surface area (Å²) in [5.41, 5.74) is 0.941. The number of aliphatic hydroxyl groups is 2. The molecule has 0 aromatic heterocycles. The average molecular weight is 425 g/mol. The SMILES string of the molecule is COc1ccc2c(c1)CC[C@@H]1[C@@H]2CC[C@]2(C)C([C@](C)(O)C(=O)/C=C/C(C)(C)O)=CC[C@@H]12. The largest absolute Gasteiger partial charge is 0.497 e. The number of rotatable bonds is 5. The zero-order valence-corrected chi connectivity index (χ0v) is 19.4. The van der Waals surface area contributed by atoms with E-state index < -0.39 is 11.2 Å². The molecular weight excluding hydrogens is 388 g/mol. The van der Waals surface area contributed by atoms with Crippen LogP contribution in [0, 0.1) is 17.3 Å². The molecule has 3 aliphatic carbocycles. The number of methoxy groups -OCH3 is 1. The predicted octanol–water partition coefficient (Wildman–Crippen LogP) is 4.73. The van der Waals surface area contributed by atoms with E-state index in [4.69, 9.17) is 4.74 Å². The molecule has 1 aromatic carbocycles. The van der Waals surface area contributed by atoms with E-state index in [1.807, 2.05) is 0 Å². The van der Waals surface area contributed by atoms with Gasteiger partial charge in [0.25, 0.3) is 0 Å². The van der Waals surface area contributed by atoms with Crippen molar-refractivity contribution in [2.45, 2.75) is 76.9 Å². The van der Waals surface area contributed by atoms with Gasteiger partial charge in [0.1, 0.15) is 11.4 Å². The van der Waals surface area contributed by atoms with Crippen LogP contribution < -0.4 is 4.74 Å². The molecule has 0 spiro atoms. The molecule has 4 nitrogen and oxygen atoms in total. The summed E-state index contributed by atoms with van der Waals surface area (Å²) in [6, 6.07) is 6.51. The highest BCUT2D eigenvalue weighted by molar-refractivity contribution is 5.99. The van der Waals surface area contributed by atoms with Gasteiger partial charge in [0, 0.05) is 0 Å². The number of aryl methyl sites for hydroxylation is 1. The Balaban J connectivity index is 1.59. The van der Waals surface area contributed by atoms with Gasteiger partial charge in [-0.15, -0.1) is 0 Å². The van der Waals surface area contributed by atoms with Crippen LogP contribution in [0.1, 0.15) is 70.4 Å². The highest BCUT2D eigenvalue weighted by atomic mass is 16.5. The van der Waals surface area contributed by atoms with Crippen LogP contribution in [0.5, 0.6) is 5.75 Å². The third-order valence-corrected chi connectivity index (χ3v) is 8.16. The van der Waals surface area contributed by atoms with Crippen molar-refractivity contribution in [3.63, 3.8) is 0 Å². The number of hydrogen-bond donors (Lipinski definition) is 2. The Labute approximate surface area is 186 Å². The first-order valence-corrected chi connectivity index (χ1v) is 11.5. The van der Waals surface area contributed by atoms with E-state index in [1.165, 1.54) is 23.3 Å². The topological polar surface area (TPSA) is 66.8 Å². The summed E-state index contributed by atoms with van der Waals surface area (Å²) in [5, 5.41) is 21.3. The van der Waals surface area contributed by atoms with E-state index in [2.05, 4.69) is 31.2 Å². The number of fused-ring (bicyclic) bond motifs is 5. The van der Waals surface area contributed by atoms with Gasteiger partial charge in [0.2, 0.25) is 0 Å². The molecule has 0 aliphatic heterocycles. The van der Waals surface area contributed by atoms with Gasteiger partial charge in [-0.3, -0.25) is 4.79 Å². The predicted molar refractivity (Wildman–Crippen MR) is 122 cm³/mol. The summed E-state index contributed by atoms with van der Waals surface area (Å²) >= 11 is 0. The lowest BCUT2D eigenvalue weighted by molar-refractivity contribution is -0.129. The molecule has 0 bridgehead atoms. The highest BCUT2D eigenvalue weighted by Gasteiger charge is 2.56. The molecule has 5 atom stereocenters. The molecule has 1 saturated carbocycles. The first-order valence-electron chi connectivity index (χ1n) is 11.5. The first-order chi connectivity index (χ1) is 14.5. The second kappa shape index (κ2) is 7.60. The van der Waals surface area contributed by atoms with E-state index in [0.29, 0.717) is 17.8 Å². The maximum absolute atomic E-state index is 12.9. The summed E-state index contributed by atoms with van der Waals surface area (Å²) in [5.74, 6) is 2.11. The molecule has 4 rings (SSSR count). The Kier molecular flexibility index (Phi) is 5.46. The maximum atomic E-state index is 12.9. The van der Waals surface area contributed by atoms with Crippen LogP contribution in [-0.4, -0.2) is 34.3 Å². The Morgan fingerprint density at radius 3 is 2.65 bits per heavy atom. The molecule has 3 aliphatic rings. The molecule has 168 valence electrons. The lowest BCUT2D eigenvalue weighted by Gasteiger charge is -2.51. The highest BCUT2D eigenvalue weighted by Crippen LogP contribution is 2.62. The van der Waals surface area contributed by atoms with Crippen molar-refractivity contribution in [1.82, 2.24) is 0 Å². The van der Waals surface area contributed by atoms with E-state index in [0.717, 1.165) is 43.4 Å². The molecule has 0 heterocycles. The third-order valence-electron chi connectivity index (χ3n) is 8.16. The van der Waals surface area contributed by atoms with Crippen molar-refractivity contribution in [1.29, 1.82) is 0 Å². The van der Waals surface area contributed by atoms with Crippen molar-refractivity contribution in [2.75, 3.05) is 7.11 Å². The number of hydrogen-bond acceptors (Lipinski definition) is 4. The normalized spacial score (nSPS) is 32.0. The van der Waals surface area contributed by atoms with Gasteiger partial charge in [-0.2, -0.15) is 0 Å². The van der Waals surface area contributed by atoms with Crippen LogP contribution in [0.2, 0.25) is 0 Å². The average Bonchev–Trinajstić information content (AvgIpc) is 3.08. The molecule has 0 radical (unpaired) electrons. The third kappa shape index (κ3) is 3.78. The van der Waals surface area contributed by atoms with E-state index in [9.17, 15) is 15.0 Å².